The predicted octanol–water partition coefficient (Wildman–Crippen LogP) is 20.2. The van der Waals surface area contributed by atoms with Gasteiger partial charge in [-0.2, -0.15) is 0 Å². The first-order valence-corrected chi connectivity index (χ1v) is 29.1. The summed E-state index contributed by atoms with van der Waals surface area (Å²) < 4.78 is 9.97. The first-order chi connectivity index (χ1) is 40.6. The normalized spacial score (nSPS) is 11.9. The second-order valence-electron chi connectivity index (χ2n) is 20.9. The van der Waals surface area contributed by atoms with E-state index >= 15 is 0 Å². The highest BCUT2D eigenvalue weighted by Gasteiger charge is 2.22. The zero-order chi connectivity index (χ0) is 53.8. The minimum absolute atomic E-state index is 0.753. The molecule has 0 aliphatic rings. The van der Waals surface area contributed by atoms with Gasteiger partial charge in [0.15, 0.2) is 0 Å². The molecular weight excluding hydrogens is 1040 g/mol. The third-order valence-corrected chi connectivity index (χ3v) is 18.4. The summed E-state index contributed by atoms with van der Waals surface area (Å²) in [5, 5.41) is 9.62. The number of hydrogen-bond acceptors (Lipinski definition) is 6. The summed E-state index contributed by atoms with van der Waals surface area (Å²) in [5.74, 6) is 0. The predicted molar refractivity (Wildman–Crippen MR) is 345 cm³/mol. The summed E-state index contributed by atoms with van der Waals surface area (Å²) in [6.45, 7) is 0. The van der Waals surface area contributed by atoms with Gasteiger partial charge >= 0.3 is 0 Å². The van der Waals surface area contributed by atoms with E-state index in [1.54, 1.807) is 0 Å². The molecule has 0 fully saturated rings. The van der Waals surface area contributed by atoms with Crippen molar-refractivity contribution < 1.29 is 0 Å². The summed E-state index contributed by atoms with van der Waals surface area (Å²) >= 11 is 3.68. The number of fused-ring (bicyclic) bond motifs is 12. The minimum Gasteiger partial charge on any atom is -0.309 e. The molecular formula is C74H44N6S2. The van der Waals surface area contributed by atoms with Crippen LogP contribution in [0.25, 0.3) is 163 Å². The molecule has 0 aliphatic heterocycles. The molecule has 382 valence electrons. The molecule has 0 N–H and O–H groups in total. The van der Waals surface area contributed by atoms with Crippen LogP contribution < -0.4 is 0 Å². The van der Waals surface area contributed by atoms with Gasteiger partial charge in [0.25, 0.3) is 0 Å². The van der Waals surface area contributed by atoms with Crippen molar-refractivity contribution in [1.29, 1.82) is 0 Å². The van der Waals surface area contributed by atoms with Crippen LogP contribution >= 0.6 is 22.7 Å². The van der Waals surface area contributed by atoms with Crippen LogP contribution in [0.2, 0.25) is 0 Å². The van der Waals surface area contributed by atoms with Gasteiger partial charge in [-0.3, -0.25) is 0 Å². The Labute approximate surface area is 478 Å². The average Bonchev–Trinajstić information content (AvgIpc) is 3.38. The van der Waals surface area contributed by atoms with Crippen LogP contribution in [0.3, 0.4) is 0 Å². The lowest BCUT2D eigenvalue weighted by atomic mass is 10.0. The molecule has 0 unspecified atom stereocenters. The zero-order valence-electron chi connectivity index (χ0n) is 43.9. The van der Waals surface area contributed by atoms with E-state index in [9.17, 15) is 0 Å². The van der Waals surface area contributed by atoms with E-state index in [1.807, 2.05) is 34.8 Å². The van der Waals surface area contributed by atoms with Crippen molar-refractivity contribution in [2.75, 3.05) is 0 Å². The molecule has 0 aliphatic carbocycles. The van der Waals surface area contributed by atoms with Crippen LogP contribution in [0.4, 0.5) is 0 Å². The Hall–Kier alpha value is -10.4. The number of benzene rings is 9. The van der Waals surface area contributed by atoms with Crippen molar-refractivity contribution in [3.8, 4) is 79.2 Å². The Bertz CT molecular complexity index is 5190. The third-order valence-electron chi connectivity index (χ3n) is 16.1. The van der Waals surface area contributed by atoms with Crippen molar-refractivity contribution in [3.05, 3.63) is 267 Å². The highest BCUT2D eigenvalue weighted by atomic mass is 32.1. The summed E-state index contributed by atoms with van der Waals surface area (Å²) in [5.41, 5.74) is 17.3. The number of para-hydroxylation sites is 2. The minimum atomic E-state index is 0.753. The lowest BCUT2D eigenvalue weighted by Gasteiger charge is -2.14. The molecule has 8 heteroatoms. The van der Waals surface area contributed by atoms with Gasteiger partial charge in [-0.25, -0.2) is 19.9 Å². The van der Waals surface area contributed by atoms with Gasteiger partial charge in [-0.1, -0.05) is 158 Å². The van der Waals surface area contributed by atoms with E-state index in [4.69, 9.17) is 19.9 Å². The van der Waals surface area contributed by atoms with Gasteiger partial charge in [0.2, 0.25) is 0 Å². The Kier molecular flexibility index (Phi) is 10.6. The SMILES string of the molecule is c1ccc(-c2cccc(-c3cc(-n4c5ccccc5c5cc6c(cc54)c4ccccc4n6-c4cc(-c5ccc6sc7ccccc7c6c5)nc(-c5ccc6sc7ccccc7c6c5)c4)cc(-c4cccc(-c5ccccc5)n4)n3)n2)cc1. The molecule has 8 aromatic heterocycles. The monoisotopic (exact) mass is 1080 g/mol. The van der Waals surface area contributed by atoms with Gasteiger partial charge in [-0.15, -0.1) is 22.7 Å². The van der Waals surface area contributed by atoms with E-state index in [-0.39, 0.29) is 0 Å². The molecule has 8 heterocycles. The van der Waals surface area contributed by atoms with Crippen molar-refractivity contribution in [2.24, 2.45) is 0 Å². The molecule has 82 heavy (non-hydrogen) atoms. The number of rotatable bonds is 8. The first kappa shape index (κ1) is 46.5. The maximum absolute atomic E-state index is 5.59. The lowest BCUT2D eigenvalue weighted by Crippen LogP contribution is -2.00. The highest BCUT2D eigenvalue weighted by Crippen LogP contribution is 2.44. The zero-order valence-corrected chi connectivity index (χ0v) is 45.5. The molecule has 0 saturated carbocycles. The van der Waals surface area contributed by atoms with Crippen LogP contribution in [-0.2, 0) is 0 Å². The number of pyridine rings is 4. The molecule has 0 atom stereocenters. The van der Waals surface area contributed by atoms with Crippen LogP contribution in [0.15, 0.2) is 267 Å². The van der Waals surface area contributed by atoms with Crippen molar-refractivity contribution >= 4 is 107 Å². The molecule has 6 nitrogen and oxygen atoms in total. The fourth-order valence-electron chi connectivity index (χ4n) is 12.3. The Balaban J connectivity index is 0.900. The summed E-state index contributed by atoms with van der Waals surface area (Å²) in [4.78, 5) is 21.5. The fourth-order valence-corrected chi connectivity index (χ4v) is 14.5. The topological polar surface area (TPSA) is 61.4 Å². The number of thiophene rings is 2. The summed E-state index contributed by atoms with van der Waals surface area (Å²) in [6.07, 6.45) is 0. The van der Waals surface area contributed by atoms with Crippen LogP contribution in [-0.4, -0.2) is 29.1 Å². The Morgan fingerprint density at radius 3 is 1.05 bits per heavy atom. The van der Waals surface area contributed by atoms with E-state index < -0.39 is 0 Å². The van der Waals surface area contributed by atoms with Gasteiger partial charge in [0.05, 0.1) is 79.0 Å². The molecule has 0 bridgehead atoms. The first-order valence-electron chi connectivity index (χ1n) is 27.5. The third kappa shape index (κ3) is 7.60. The fraction of sp³-hybridized carbons (Fsp3) is 0. The quantitative estimate of drug-likeness (QED) is 0.152. The van der Waals surface area contributed by atoms with Crippen LogP contribution in [0.1, 0.15) is 0 Å². The maximum Gasteiger partial charge on any atom is 0.0915 e. The molecule has 0 amide bonds. The van der Waals surface area contributed by atoms with E-state index in [1.165, 1.54) is 40.3 Å². The molecule has 0 saturated heterocycles. The van der Waals surface area contributed by atoms with Crippen LogP contribution in [0.5, 0.6) is 0 Å². The number of aromatic nitrogens is 6. The Morgan fingerprint density at radius 2 is 0.573 bits per heavy atom. The molecule has 9 aromatic carbocycles. The van der Waals surface area contributed by atoms with Crippen molar-refractivity contribution in [3.63, 3.8) is 0 Å². The summed E-state index contributed by atoms with van der Waals surface area (Å²) in [6, 6.07) is 95.6. The van der Waals surface area contributed by atoms with Gasteiger partial charge in [-0.05, 0) is 109 Å². The van der Waals surface area contributed by atoms with Crippen LogP contribution in [0, 0.1) is 0 Å². The molecule has 17 aromatic rings. The molecule has 17 rings (SSSR count). The molecule has 0 radical (unpaired) electrons. The lowest BCUT2D eigenvalue weighted by molar-refractivity contribution is 1.14. The maximum atomic E-state index is 5.59. The van der Waals surface area contributed by atoms with E-state index in [0.29, 0.717) is 0 Å². The Morgan fingerprint density at radius 1 is 0.207 bits per heavy atom. The second kappa shape index (κ2) is 18.6. The standard InChI is InChI=1S/C74H44N6S2/c1-3-17-45(18-4-1)59-25-15-27-61(75-59)65-41-50(42-66(78-65)62-28-16-26-60(76-62)46-19-5-2-6-20-46)80-68-30-12-8-22-52(68)56-43-69-55(44-70(56)80)51-21-7-11-29-67(51)79(69)49-39-63(47-33-35-73-57(37-47)53-23-9-13-31-71(53)81-73)77-64(40-49)48-34-36-74-58(38-48)54-24-10-14-32-72(54)82-74/h1-44H. The average molecular weight is 1080 g/mol. The van der Waals surface area contributed by atoms with E-state index in [0.717, 1.165) is 123 Å². The smallest absolute Gasteiger partial charge is 0.0915 e. The van der Waals surface area contributed by atoms with Crippen molar-refractivity contribution in [1.82, 2.24) is 29.1 Å². The van der Waals surface area contributed by atoms with Gasteiger partial charge in [0.1, 0.15) is 0 Å². The highest BCUT2D eigenvalue weighted by molar-refractivity contribution is 7.26. The second-order valence-corrected chi connectivity index (χ2v) is 23.1. The number of hydrogen-bond donors (Lipinski definition) is 0. The number of nitrogens with zero attached hydrogens (tertiary/aromatic N) is 6. The van der Waals surface area contributed by atoms with Gasteiger partial charge in [0, 0.05) is 84.1 Å². The largest absolute Gasteiger partial charge is 0.309 e. The van der Waals surface area contributed by atoms with Crippen molar-refractivity contribution in [2.45, 2.75) is 0 Å². The summed E-state index contributed by atoms with van der Waals surface area (Å²) in [7, 11) is 0. The molecule has 0 spiro atoms. The van der Waals surface area contributed by atoms with Gasteiger partial charge < -0.3 is 9.13 Å². The van der Waals surface area contributed by atoms with E-state index in [2.05, 4.69) is 264 Å².